The topological polar surface area (TPSA) is 93.1 Å². The van der Waals surface area contributed by atoms with Crippen LogP contribution in [0.25, 0.3) is 0 Å². The fourth-order valence-corrected chi connectivity index (χ4v) is 6.59. The first-order valence-electron chi connectivity index (χ1n) is 13.8. The van der Waals surface area contributed by atoms with Gasteiger partial charge in [0.15, 0.2) is 0 Å². The fraction of sp³-hybridized carbons (Fsp3) is 0.750. The number of rotatable bonds is 23. The number of aliphatic carboxylic acids is 1. The van der Waals surface area contributed by atoms with E-state index in [-0.39, 0.29) is 6.61 Å². The number of ether oxygens (including phenoxy) is 1. The summed E-state index contributed by atoms with van der Waals surface area (Å²) < 4.78 is 22.6. The molecule has 6 nitrogen and oxygen atoms in total. The molecule has 8 heteroatoms. The number of carbonyl (C=O) groups is 1. The van der Waals surface area contributed by atoms with E-state index in [1.165, 1.54) is 62.0 Å². The van der Waals surface area contributed by atoms with Crippen LogP contribution in [-0.2, 0) is 18.6 Å². The van der Waals surface area contributed by atoms with Gasteiger partial charge < -0.3 is 19.3 Å². The van der Waals surface area contributed by atoms with E-state index >= 15 is 0 Å². The molecule has 0 bridgehead atoms. The van der Waals surface area contributed by atoms with Crippen molar-refractivity contribution in [2.45, 2.75) is 116 Å². The molecule has 36 heavy (non-hydrogen) atoms. The molecule has 1 aromatic carbocycles. The first kappa shape index (κ1) is 33.2. The van der Waals surface area contributed by atoms with Crippen molar-refractivity contribution in [3.63, 3.8) is 0 Å². The molecular formula is C28H49O6PS. The largest absolute Gasteiger partial charge is 0.479 e. The Balaban J connectivity index is 2.10. The van der Waals surface area contributed by atoms with Crippen molar-refractivity contribution in [2.24, 2.45) is 0 Å². The Kier molecular flexibility index (Phi) is 18.6. The molecule has 0 fully saturated rings. The van der Waals surface area contributed by atoms with Gasteiger partial charge in [0.2, 0.25) is 0 Å². The van der Waals surface area contributed by atoms with Gasteiger partial charge in [0, 0.05) is 6.61 Å². The number of hydrogen-bond donors (Lipinski definition) is 2. The summed E-state index contributed by atoms with van der Waals surface area (Å²) in [5.74, 6) is -0.159. The second-order valence-electron chi connectivity index (χ2n) is 9.60. The molecule has 0 aliphatic carbocycles. The predicted molar refractivity (Wildman–Crippen MR) is 151 cm³/mol. The number of benzene rings is 1. The Morgan fingerprint density at radius 2 is 1.58 bits per heavy atom. The van der Waals surface area contributed by atoms with Gasteiger partial charge in [0.1, 0.15) is 0 Å². The maximum Gasteiger partial charge on any atom is 0.368 e. The van der Waals surface area contributed by atoms with Gasteiger partial charge in [-0.2, -0.15) is 11.8 Å². The molecule has 4 atom stereocenters. The van der Waals surface area contributed by atoms with Crippen LogP contribution >= 0.6 is 19.4 Å². The zero-order chi connectivity index (χ0) is 26.7. The summed E-state index contributed by atoms with van der Waals surface area (Å²) in [7, 11) is -4.38. The lowest BCUT2D eigenvalue weighted by atomic mass is 9.91. The molecule has 0 heterocycles. The van der Waals surface area contributed by atoms with E-state index in [2.05, 4.69) is 49.0 Å². The number of carboxylic acids is 1. The molecule has 0 saturated heterocycles. The van der Waals surface area contributed by atoms with E-state index in [0.29, 0.717) is 18.8 Å². The summed E-state index contributed by atoms with van der Waals surface area (Å²) in [6.07, 6.45) is 12.5. The highest BCUT2D eigenvalue weighted by Crippen LogP contribution is 2.49. The van der Waals surface area contributed by atoms with Crippen LogP contribution in [0, 0.1) is 0 Å². The van der Waals surface area contributed by atoms with Gasteiger partial charge in [0.25, 0.3) is 5.85 Å². The Hall–Kier alpha value is -0.850. The van der Waals surface area contributed by atoms with Gasteiger partial charge in [-0.25, -0.2) is 4.79 Å². The molecule has 0 aromatic heterocycles. The average Bonchev–Trinajstić information content (AvgIpc) is 2.84. The monoisotopic (exact) mass is 544 g/mol. The Morgan fingerprint density at radius 1 is 0.917 bits per heavy atom. The molecule has 4 unspecified atom stereocenters. The van der Waals surface area contributed by atoms with E-state index in [1.807, 2.05) is 0 Å². The highest BCUT2D eigenvalue weighted by molar-refractivity contribution is 7.99. The van der Waals surface area contributed by atoms with E-state index < -0.39 is 25.5 Å². The average molecular weight is 545 g/mol. The van der Waals surface area contributed by atoms with Crippen LogP contribution in [0.1, 0.15) is 109 Å². The lowest BCUT2D eigenvalue weighted by molar-refractivity contribution is -0.146. The molecule has 0 aliphatic heterocycles. The minimum absolute atomic E-state index is 0.102. The van der Waals surface area contributed by atoms with Crippen molar-refractivity contribution in [3.8, 4) is 0 Å². The van der Waals surface area contributed by atoms with Crippen LogP contribution in [0.4, 0.5) is 0 Å². The van der Waals surface area contributed by atoms with Crippen molar-refractivity contribution < 1.29 is 28.6 Å². The van der Waals surface area contributed by atoms with Crippen LogP contribution in [0.2, 0.25) is 0 Å². The summed E-state index contributed by atoms with van der Waals surface area (Å²) in [4.78, 5) is 21.3. The molecule has 0 radical (unpaired) electrons. The smallest absolute Gasteiger partial charge is 0.368 e. The van der Waals surface area contributed by atoms with Crippen LogP contribution in [0.3, 0.4) is 0 Å². The number of thioether (sulfide) groups is 1. The molecule has 0 aliphatic rings. The second kappa shape index (κ2) is 20.2. The van der Waals surface area contributed by atoms with Crippen LogP contribution in [0.15, 0.2) is 30.3 Å². The predicted octanol–water partition coefficient (Wildman–Crippen LogP) is 8.24. The maximum absolute atomic E-state index is 12.3. The summed E-state index contributed by atoms with van der Waals surface area (Å²) >= 11 is 2.08. The Morgan fingerprint density at radius 3 is 2.22 bits per heavy atom. The third-order valence-electron chi connectivity index (χ3n) is 6.26. The molecule has 2 N–H and O–H groups in total. The van der Waals surface area contributed by atoms with Crippen molar-refractivity contribution in [1.82, 2.24) is 0 Å². The van der Waals surface area contributed by atoms with Crippen LogP contribution in [-0.4, -0.2) is 46.0 Å². The lowest BCUT2D eigenvalue weighted by Crippen LogP contribution is -2.27. The van der Waals surface area contributed by atoms with Gasteiger partial charge in [-0.3, -0.25) is 4.57 Å². The Bertz CT molecular complexity index is 732. The number of unbranched alkanes of at least 4 members (excludes halogenated alkanes) is 6. The summed E-state index contributed by atoms with van der Waals surface area (Å²) in [6, 6.07) is 10.9. The third kappa shape index (κ3) is 14.8. The van der Waals surface area contributed by atoms with Crippen LogP contribution in [0.5, 0.6) is 0 Å². The quantitative estimate of drug-likeness (QED) is 0.106. The standard InChI is InChI=1S/C28H49O6PS/c1-4-6-17-26(25-18-13-11-14-19-25)20-23-36-22-15-10-8-7-9-12-16-24(3)34-35(31,32)28(27(29)30)33-21-5-2/h11,13-14,18-19,24,26,28H,4-10,12,15-17,20-23H2,1-3H3,(H,29,30)(H,31,32). The van der Waals surface area contributed by atoms with E-state index in [9.17, 15) is 19.4 Å². The maximum atomic E-state index is 12.3. The highest BCUT2D eigenvalue weighted by atomic mass is 32.2. The lowest BCUT2D eigenvalue weighted by Gasteiger charge is -2.22. The normalized spacial score (nSPS) is 15.8. The zero-order valence-corrected chi connectivity index (χ0v) is 24.3. The van der Waals surface area contributed by atoms with E-state index in [4.69, 9.17) is 9.26 Å². The molecule has 0 spiro atoms. The highest BCUT2D eigenvalue weighted by Gasteiger charge is 2.41. The molecule has 1 rings (SSSR count). The molecular weight excluding hydrogens is 495 g/mol. The van der Waals surface area contributed by atoms with Crippen molar-refractivity contribution >= 4 is 25.3 Å². The van der Waals surface area contributed by atoms with Gasteiger partial charge >= 0.3 is 13.6 Å². The van der Waals surface area contributed by atoms with Gasteiger partial charge in [-0.05, 0) is 62.0 Å². The summed E-state index contributed by atoms with van der Waals surface area (Å²) in [5.41, 5.74) is 1.49. The SMILES string of the molecule is CCCCC(CCSCCCCCCCCC(C)OP(=O)(O)C(OCCC)C(=O)O)c1ccccc1. The third-order valence-corrected chi connectivity index (χ3v) is 8.98. The first-order chi connectivity index (χ1) is 17.3. The Labute approximate surface area is 223 Å². The van der Waals surface area contributed by atoms with Gasteiger partial charge in [0.05, 0.1) is 6.10 Å². The van der Waals surface area contributed by atoms with Crippen molar-refractivity contribution in [3.05, 3.63) is 35.9 Å². The minimum Gasteiger partial charge on any atom is -0.479 e. The minimum atomic E-state index is -4.38. The van der Waals surface area contributed by atoms with E-state index in [0.717, 1.165) is 19.3 Å². The van der Waals surface area contributed by atoms with Gasteiger partial charge in [-0.15, -0.1) is 0 Å². The zero-order valence-electron chi connectivity index (χ0n) is 22.6. The number of carboxylic acid groups (broad SMARTS) is 1. The van der Waals surface area contributed by atoms with Gasteiger partial charge in [-0.1, -0.05) is 89.1 Å². The molecule has 0 saturated carbocycles. The second-order valence-corrected chi connectivity index (χ2v) is 12.6. The molecule has 1 aromatic rings. The summed E-state index contributed by atoms with van der Waals surface area (Å²) in [6.45, 7) is 5.88. The molecule has 0 amide bonds. The van der Waals surface area contributed by atoms with E-state index in [1.54, 1.807) is 13.8 Å². The molecule has 208 valence electrons. The van der Waals surface area contributed by atoms with Crippen LogP contribution < -0.4 is 0 Å². The summed E-state index contributed by atoms with van der Waals surface area (Å²) in [5, 5.41) is 9.18. The first-order valence-corrected chi connectivity index (χ1v) is 16.6. The fourth-order valence-electron chi connectivity index (χ4n) is 4.22. The van der Waals surface area contributed by atoms with Crippen molar-refractivity contribution in [1.29, 1.82) is 0 Å². The number of hydrogen-bond acceptors (Lipinski definition) is 5. The van der Waals surface area contributed by atoms with Crippen molar-refractivity contribution in [2.75, 3.05) is 18.1 Å².